The molecule has 11 heteroatoms. The van der Waals surface area contributed by atoms with E-state index in [1.54, 1.807) is 18.2 Å². The van der Waals surface area contributed by atoms with Gasteiger partial charge in [0.1, 0.15) is 0 Å². The third-order valence-corrected chi connectivity index (χ3v) is 5.00. The van der Waals surface area contributed by atoms with Crippen LogP contribution in [-0.4, -0.2) is 37.2 Å². The summed E-state index contributed by atoms with van der Waals surface area (Å²) in [6.07, 6.45) is 1.30. The van der Waals surface area contributed by atoms with Crippen LogP contribution >= 0.6 is 11.6 Å². The Hall–Kier alpha value is -3.40. The lowest BCUT2D eigenvalue weighted by Gasteiger charge is -2.09. The number of esters is 1. The van der Waals surface area contributed by atoms with E-state index in [2.05, 4.69) is 10.3 Å². The fourth-order valence-corrected chi connectivity index (χ4v) is 3.04. The standard InChI is InChI=1S/C19H20ClN5O5/c1-11-4-5-12(8-13(11)20)22-14(26)9-30-15(27)6-7-25-10-21-17-16(25)18(28)24(3)19(29)23(17)2/h4-5,8,10H,6-7,9H2,1-3H3,(H,22,26). The molecular formula is C19H20ClN5O5. The van der Waals surface area contributed by atoms with Crippen molar-refractivity contribution < 1.29 is 14.3 Å². The van der Waals surface area contributed by atoms with Crippen molar-refractivity contribution in [2.45, 2.75) is 19.9 Å². The van der Waals surface area contributed by atoms with Gasteiger partial charge in [-0.3, -0.25) is 23.5 Å². The van der Waals surface area contributed by atoms with Crippen molar-refractivity contribution in [2.75, 3.05) is 11.9 Å². The summed E-state index contributed by atoms with van der Waals surface area (Å²) in [5, 5.41) is 3.11. The number of nitrogens with one attached hydrogen (secondary N) is 1. The van der Waals surface area contributed by atoms with E-state index in [1.807, 2.05) is 6.92 Å². The van der Waals surface area contributed by atoms with Crippen LogP contribution in [-0.2, 0) is 35.0 Å². The summed E-state index contributed by atoms with van der Waals surface area (Å²) in [5.74, 6) is -1.11. The van der Waals surface area contributed by atoms with Crippen molar-refractivity contribution >= 4 is 40.3 Å². The molecule has 158 valence electrons. The van der Waals surface area contributed by atoms with Gasteiger partial charge in [-0.05, 0) is 24.6 Å². The Kier molecular flexibility index (Phi) is 6.06. The average Bonchev–Trinajstić information content (AvgIpc) is 3.14. The Morgan fingerprint density at radius 3 is 2.63 bits per heavy atom. The number of rotatable bonds is 6. The molecule has 1 aromatic carbocycles. The van der Waals surface area contributed by atoms with Crippen molar-refractivity contribution in [1.29, 1.82) is 0 Å². The molecule has 10 nitrogen and oxygen atoms in total. The van der Waals surface area contributed by atoms with Gasteiger partial charge in [0.05, 0.1) is 12.7 Å². The third-order valence-electron chi connectivity index (χ3n) is 4.59. The molecule has 2 aromatic heterocycles. The van der Waals surface area contributed by atoms with E-state index in [0.717, 1.165) is 10.1 Å². The highest BCUT2D eigenvalue weighted by molar-refractivity contribution is 6.31. The highest BCUT2D eigenvalue weighted by atomic mass is 35.5. The Morgan fingerprint density at radius 2 is 1.93 bits per heavy atom. The SMILES string of the molecule is Cc1ccc(NC(=O)COC(=O)CCn2cnc3c2c(=O)n(C)c(=O)n3C)cc1Cl. The molecule has 3 rings (SSSR count). The van der Waals surface area contributed by atoms with Crippen molar-refractivity contribution in [1.82, 2.24) is 18.7 Å². The molecule has 1 amide bonds. The van der Waals surface area contributed by atoms with Crippen LogP contribution in [0.1, 0.15) is 12.0 Å². The van der Waals surface area contributed by atoms with Gasteiger partial charge < -0.3 is 14.6 Å². The second-order valence-electron chi connectivity index (χ2n) is 6.74. The van der Waals surface area contributed by atoms with Crippen LogP contribution in [0.5, 0.6) is 0 Å². The minimum absolute atomic E-state index is 0.0822. The predicted molar refractivity (Wildman–Crippen MR) is 111 cm³/mol. The topological polar surface area (TPSA) is 117 Å². The first kappa shape index (κ1) is 21.3. The maximum absolute atomic E-state index is 12.4. The average molecular weight is 434 g/mol. The molecule has 0 radical (unpaired) electrons. The van der Waals surface area contributed by atoms with Gasteiger partial charge in [0.2, 0.25) is 0 Å². The van der Waals surface area contributed by atoms with Gasteiger partial charge in [-0.1, -0.05) is 17.7 Å². The van der Waals surface area contributed by atoms with Crippen LogP contribution in [0, 0.1) is 6.92 Å². The van der Waals surface area contributed by atoms with E-state index in [-0.39, 0.29) is 24.1 Å². The van der Waals surface area contributed by atoms with Crippen molar-refractivity contribution in [2.24, 2.45) is 14.1 Å². The van der Waals surface area contributed by atoms with Crippen molar-refractivity contribution in [3.63, 3.8) is 0 Å². The van der Waals surface area contributed by atoms with E-state index in [1.165, 1.54) is 29.6 Å². The maximum atomic E-state index is 12.4. The molecule has 0 aliphatic heterocycles. The number of halogens is 1. The molecule has 0 unspecified atom stereocenters. The third kappa shape index (κ3) is 4.28. The Bertz CT molecular complexity index is 1260. The molecule has 0 fully saturated rings. The van der Waals surface area contributed by atoms with Crippen molar-refractivity contribution in [3.05, 3.63) is 56.0 Å². The monoisotopic (exact) mass is 433 g/mol. The molecule has 1 N–H and O–H groups in total. The number of hydrogen-bond donors (Lipinski definition) is 1. The molecule has 30 heavy (non-hydrogen) atoms. The molecule has 0 spiro atoms. The van der Waals surface area contributed by atoms with E-state index in [9.17, 15) is 19.2 Å². The number of benzene rings is 1. The largest absolute Gasteiger partial charge is 0.456 e. The van der Waals surface area contributed by atoms with Gasteiger partial charge >= 0.3 is 11.7 Å². The smallest absolute Gasteiger partial charge is 0.332 e. The Morgan fingerprint density at radius 1 is 1.20 bits per heavy atom. The number of ether oxygens (including phenoxy) is 1. The fourth-order valence-electron chi connectivity index (χ4n) is 2.86. The maximum Gasteiger partial charge on any atom is 0.332 e. The molecule has 0 bridgehead atoms. The van der Waals surface area contributed by atoms with Gasteiger partial charge in [0.25, 0.3) is 11.5 Å². The second kappa shape index (κ2) is 8.54. The summed E-state index contributed by atoms with van der Waals surface area (Å²) in [6.45, 7) is 1.50. The van der Waals surface area contributed by atoms with Crippen LogP contribution in [0.25, 0.3) is 11.2 Å². The van der Waals surface area contributed by atoms with Gasteiger partial charge in [-0.2, -0.15) is 0 Å². The number of carbonyl (C=O) groups is 2. The van der Waals surface area contributed by atoms with Gasteiger partial charge in [-0.25, -0.2) is 9.78 Å². The number of aromatic nitrogens is 4. The Balaban J connectivity index is 1.58. The summed E-state index contributed by atoms with van der Waals surface area (Å²) in [6, 6.07) is 5.06. The quantitative estimate of drug-likeness (QED) is 0.579. The number of hydrogen-bond acceptors (Lipinski definition) is 6. The number of amides is 1. The van der Waals surface area contributed by atoms with Gasteiger partial charge in [0.15, 0.2) is 17.8 Å². The highest BCUT2D eigenvalue weighted by Crippen LogP contribution is 2.19. The minimum atomic E-state index is -0.615. The van der Waals surface area contributed by atoms with Crippen LogP contribution in [0.3, 0.4) is 0 Å². The number of anilines is 1. The lowest BCUT2D eigenvalue weighted by Crippen LogP contribution is -2.37. The summed E-state index contributed by atoms with van der Waals surface area (Å²) in [5.41, 5.74) is 0.822. The zero-order valence-electron chi connectivity index (χ0n) is 16.6. The molecule has 2 heterocycles. The number of imidazole rings is 1. The highest BCUT2D eigenvalue weighted by Gasteiger charge is 2.15. The van der Waals surface area contributed by atoms with Crippen LogP contribution in [0.4, 0.5) is 5.69 Å². The molecule has 0 aliphatic rings. The van der Waals surface area contributed by atoms with Crippen LogP contribution in [0.15, 0.2) is 34.1 Å². The minimum Gasteiger partial charge on any atom is -0.456 e. The predicted octanol–water partition coefficient (Wildman–Crippen LogP) is 0.968. The van der Waals surface area contributed by atoms with Gasteiger partial charge in [-0.15, -0.1) is 0 Å². The van der Waals surface area contributed by atoms with Crippen LogP contribution < -0.4 is 16.6 Å². The number of fused-ring (bicyclic) bond motifs is 1. The van der Waals surface area contributed by atoms with E-state index < -0.39 is 29.7 Å². The zero-order valence-corrected chi connectivity index (χ0v) is 17.4. The lowest BCUT2D eigenvalue weighted by atomic mass is 10.2. The second-order valence-corrected chi connectivity index (χ2v) is 7.15. The molecular weight excluding hydrogens is 414 g/mol. The molecule has 0 aliphatic carbocycles. The number of carbonyl (C=O) groups excluding carboxylic acids is 2. The number of aryl methyl sites for hydroxylation is 3. The Labute approximate surface area is 175 Å². The fraction of sp³-hybridized carbons (Fsp3) is 0.316. The first-order valence-electron chi connectivity index (χ1n) is 9.01. The van der Waals surface area contributed by atoms with Crippen molar-refractivity contribution in [3.8, 4) is 0 Å². The first-order chi connectivity index (χ1) is 14.2. The normalized spacial score (nSPS) is 10.9. The molecule has 0 saturated heterocycles. The zero-order chi connectivity index (χ0) is 22.0. The summed E-state index contributed by atoms with van der Waals surface area (Å²) >= 11 is 6.01. The first-order valence-corrected chi connectivity index (χ1v) is 9.39. The summed E-state index contributed by atoms with van der Waals surface area (Å²) < 4.78 is 8.69. The van der Waals surface area contributed by atoms with Crippen LogP contribution in [0.2, 0.25) is 5.02 Å². The number of nitrogens with zero attached hydrogens (tertiary/aromatic N) is 4. The van der Waals surface area contributed by atoms with Gasteiger partial charge in [0, 0.05) is 31.4 Å². The lowest BCUT2D eigenvalue weighted by molar-refractivity contribution is -0.147. The molecule has 3 aromatic rings. The van der Waals surface area contributed by atoms with E-state index in [4.69, 9.17) is 16.3 Å². The molecule has 0 atom stereocenters. The summed E-state index contributed by atoms with van der Waals surface area (Å²) in [4.78, 5) is 52.4. The molecule has 0 saturated carbocycles. The van der Waals surface area contributed by atoms with E-state index >= 15 is 0 Å². The summed E-state index contributed by atoms with van der Waals surface area (Å²) in [7, 11) is 2.88. The van der Waals surface area contributed by atoms with E-state index in [0.29, 0.717) is 10.7 Å².